The number of aryl methyl sites for hydroxylation is 2. The molecular formula is C18H18ClN5. The minimum absolute atomic E-state index is 0.526. The van der Waals surface area contributed by atoms with Crippen molar-refractivity contribution in [3.05, 3.63) is 70.6 Å². The van der Waals surface area contributed by atoms with E-state index in [2.05, 4.69) is 25.6 Å². The summed E-state index contributed by atoms with van der Waals surface area (Å²) in [7, 11) is 0. The van der Waals surface area contributed by atoms with Crippen LogP contribution in [0.3, 0.4) is 0 Å². The molecule has 122 valence electrons. The second-order valence-electron chi connectivity index (χ2n) is 5.48. The first-order valence-corrected chi connectivity index (χ1v) is 8.00. The highest BCUT2D eigenvalue weighted by molar-refractivity contribution is 6.31. The Labute approximate surface area is 146 Å². The van der Waals surface area contributed by atoms with E-state index in [0.29, 0.717) is 17.5 Å². The number of nitrogens with one attached hydrogen (secondary N) is 2. The molecule has 3 rings (SSSR count). The number of nitrogens with zero attached hydrogens (tertiary/aromatic N) is 3. The maximum atomic E-state index is 6.16. The SMILES string of the molecule is Cc1cc(NCc2ccccn2)nc(Nc2ccc(C)c(Cl)c2)n1. The Morgan fingerprint density at radius 3 is 2.67 bits per heavy atom. The maximum Gasteiger partial charge on any atom is 0.229 e. The van der Waals surface area contributed by atoms with Crippen LogP contribution in [0.1, 0.15) is 17.0 Å². The lowest BCUT2D eigenvalue weighted by Gasteiger charge is -2.10. The van der Waals surface area contributed by atoms with Gasteiger partial charge >= 0.3 is 0 Å². The summed E-state index contributed by atoms with van der Waals surface area (Å²) in [5.74, 6) is 1.27. The Morgan fingerprint density at radius 1 is 1.04 bits per heavy atom. The van der Waals surface area contributed by atoms with Crippen LogP contribution >= 0.6 is 11.6 Å². The van der Waals surface area contributed by atoms with E-state index >= 15 is 0 Å². The molecule has 0 radical (unpaired) electrons. The van der Waals surface area contributed by atoms with Crippen LogP contribution in [-0.2, 0) is 6.54 Å². The van der Waals surface area contributed by atoms with Gasteiger partial charge in [-0.1, -0.05) is 23.7 Å². The summed E-state index contributed by atoms with van der Waals surface area (Å²) in [5, 5.41) is 7.17. The standard InChI is InChI=1S/C18H18ClN5/c1-12-6-7-14(10-16(12)19)23-18-22-13(2)9-17(24-18)21-11-15-5-3-4-8-20-15/h3-10H,11H2,1-2H3,(H2,21,22,23,24). The van der Waals surface area contributed by atoms with Crippen LogP contribution in [0.15, 0.2) is 48.7 Å². The Morgan fingerprint density at radius 2 is 1.92 bits per heavy atom. The van der Waals surface area contributed by atoms with Crippen molar-refractivity contribution in [3.63, 3.8) is 0 Å². The van der Waals surface area contributed by atoms with Crippen LogP contribution < -0.4 is 10.6 Å². The van der Waals surface area contributed by atoms with Crippen molar-refractivity contribution < 1.29 is 0 Å². The molecule has 0 saturated heterocycles. The van der Waals surface area contributed by atoms with Gasteiger partial charge < -0.3 is 10.6 Å². The summed E-state index contributed by atoms with van der Waals surface area (Å²) in [6.07, 6.45) is 1.77. The third kappa shape index (κ3) is 4.20. The van der Waals surface area contributed by atoms with Crippen LogP contribution in [-0.4, -0.2) is 15.0 Å². The fraction of sp³-hybridized carbons (Fsp3) is 0.167. The van der Waals surface area contributed by atoms with Gasteiger partial charge in [-0.05, 0) is 43.7 Å². The van der Waals surface area contributed by atoms with Gasteiger partial charge in [0.25, 0.3) is 0 Å². The van der Waals surface area contributed by atoms with E-state index < -0.39 is 0 Å². The molecule has 0 aliphatic rings. The van der Waals surface area contributed by atoms with E-state index in [1.165, 1.54) is 0 Å². The number of anilines is 3. The zero-order valence-electron chi connectivity index (χ0n) is 13.5. The lowest BCUT2D eigenvalue weighted by Crippen LogP contribution is -2.06. The summed E-state index contributed by atoms with van der Waals surface area (Å²) in [4.78, 5) is 13.2. The second-order valence-corrected chi connectivity index (χ2v) is 5.89. The van der Waals surface area contributed by atoms with Crippen molar-refractivity contribution in [2.24, 2.45) is 0 Å². The van der Waals surface area contributed by atoms with E-state index in [1.807, 2.05) is 56.3 Å². The number of rotatable bonds is 5. The summed E-state index contributed by atoms with van der Waals surface area (Å²) >= 11 is 6.16. The predicted molar refractivity (Wildman–Crippen MR) is 97.8 cm³/mol. The van der Waals surface area contributed by atoms with Crippen molar-refractivity contribution in [1.29, 1.82) is 0 Å². The number of benzene rings is 1. The lowest BCUT2D eigenvalue weighted by molar-refractivity contribution is 1.01. The summed E-state index contributed by atoms with van der Waals surface area (Å²) in [5.41, 5.74) is 3.71. The van der Waals surface area contributed by atoms with Crippen molar-refractivity contribution in [2.75, 3.05) is 10.6 Å². The fourth-order valence-electron chi connectivity index (χ4n) is 2.20. The van der Waals surface area contributed by atoms with Gasteiger partial charge in [-0.3, -0.25) is 4.98 Å². The van der Waals surface area contributed by atoms with Crippen molar-refractivity contribution in [3.8, 4) is 0 Å². The lowest BCUT2D eigenvalue weighted by atomic mass is 10.2. The molecule has 0 fully saturated rings. The molecular weight excluding hydrogens is 322 g/mol. The maximum absolute atomic E-state index is 6.16. The van der Waals surface area contributed by atoms with Crippen LogP contribution in [0, 0.1) is 13.8 Å². The molecule has 0 aliphatic carbocycles. The smallest absolute Gasteiger partial charge is 0.229 e. The molecule has 0 spiro atoms. The molecule has 0 bridgehead atoms. The summed E-state index contributed by atoms with van der Waals surface area (Å²) in [6, 6.07) is 13.5. The Hall–Kier alpha value is -2.66. The third-order valence-electron chi connectivity index (χ3n) is 3.46. The zero-order valence-corrected chi connectivity index (χ0v) is 14.3. The molecule has 0 atom stereocenters. The van der Waals surface area contributed by atoms with Crippen LogP contribution in [0.2, 0.25) is 5.02 Å². The highest BCUT2D eigenvalue weighted by atomic mass is 35.5. The van der Waals surface area contributed by atoms with E-state index in [4.69, 9.17) is 11.6 Å². The van der Waals surface area contributed by atoms with Gasteiger partial charge in [0, 0.05) is 28.7 Å². The molecule has 1 aromatic carbocycles. The molecule has 24 heavy (non-hydrogen) atoms. The van der Waals surface area contributed by atoms with Crippen molar-refractivity contribution in [1.82, 2.24) is 15.0 Å². The van der Waals surface area contributed by atoms with E-state index in [9.17, 15) is 0 Å². The first kappa shape index (κ1) is 16.2. The quantitative estimate of drug-likeness (QED) is 0.716. The molecule has 0 amide bonds. The first-order chi connectivity index (χ1) is 11.6. The van der Waals surface area contributed by atoms with Gasteiger partial charge in [0.1, 0.15) is 5.82 Å². The Balaban J connectivity index is 1.74. The third-order valence-corrected chi connectivity index (χ3v) is 3.87. The topological polar surface area (TPSA) is 62.7 Å². The molecule has 2 N–H and O–H groups in total. The fourth-order valence-corrected chi connectivity index (χ4v) is 2.38. The van der Waals surface area contributed by atoms with Gasteiger partial charge in [0.15, 0.2) is 0 Å². The number of aromatic nitrogens is 3. The predicted octanol–water partition coefficient (Wildman–Crippen LogP) is 4.50. The van der Waals surface area contributed by atoms with Gasteiger partial charge in [-0.15, -0.1) is 0 Å². The molecule has 2 aromatic heterocycles. The number of hydrogen-bond acceptors (Lipinski definition) is 5. The highest BCUT2D eigenvalue weighted by Gasteiger charge is 2.05. The van der Waals surface area contributed by atoms with Gasteiger partial charge in [-0.25, -0.2) is 4.98 Å². The molecule has 6 heteroatoms. The molecule has 0 saturated carbocycles. The number of hydrogen-bond donors (Lipinski definition) is 2. The Kier molecular flexibility index (Phi) is 4.91. The van der Waals surface area contributed by atoms with Crippen molar-refractivity contribution in [2.45, 2.75) is 20.4 Å². The molecule has 2 heterocycles. The molecule has 0 unspecified atom stereocenters. The van der Waals surface area contributed by atoms with E-state index in [1.54, 1.807) is 6.20 Å². The van der Waals surface area contributed by atoms with E-state index in [0.717, 1.165) is 28.5 Å². The molecule has 0 aliphatic heterocycles. The summed E-state index contributed by atoms with van der Waals surface area (Å²) < 4.78 is 0. The van der Waals surface area contributed by atoms with E-state index in [-0.39, 0.29) is 0 Å². The number of halogens is 1. The zero-order chi connectivity index (χ0) is 16.9. The van der Waals surface area contributed by atoms with Crippen LogP contribution in [0.4, 0.5) is 17.5 Å². The monoisotopic (exact) mass is 339 g/mol. The summed E-state index contributed by atoms with van der Waals surface area (Å²) in [6.45, 7) is 4.50. The van der Waals surface area contributed by atoms with Gasteiger partial charge in [-0.2, -0.15) is 4.98 Å². The molecule has 5 nitrogen and oxygen atoms in total. The van der Waals surface area contributed by atoms with Crippen LogP contribution in [0.5, 0.6) is 0 Å². The van der Waals surface area contributed by atoms with Gasteiger partial charge in [0.05, 0.1) is 12.2 Å². The van der Waals surface area contributed by atoms with Crippen LogP contribution in [0.25, 0.3) is 0 Å². The second kappa shape index (κ2) is 7.27. The van der Waals surface area contributed by atoms with Gasteiger partial charge in [0.2, 0.25) is 5.95 Å². The largest absolute Gasteiger partial charge is 0.364 e. The first-order valence-electron chi connectivity index (χ1n) is 7.63. The average Bonchev–Trinajstić information content (AvgIpc) is 2.57. The minimum Gasteiger partial charge on any atom is -0.364 e. The highest BCUT2D eigenvalue weighted by Crippen LogP contribution is 2.22. The average molecular weight is 340 g/mol. The van der Waals surface area contributed by atoms with Crippen molar-refractivity contribution >= 4 is 29.1 Å². The Bertz CT molecular complexity index is 836. The number of pyridine rings is 1. The minimum atomic E-state index is 0.526. The molecule has 3 aromatic rings. The normalized spacial score (nSPS) is 10.5.